The van der Waals surface area contributed by atoms with Crippen molar-refractivity contribution in [2.45, 2.75) is 31.2 Å². The quantitative estimate of drug-likeness (QED) is 0.506. The van der Waals surface area contributed by atoms with Crippen LogP contribution in [0.1, 0.15) is 35.7 Å². The minimum Gasteiger partial charge on any atom is -0.466 e. The molecule has 2 heterocycles. The van der Waals surface area contributed by atoms with Crippen LogP contribution in [0.4, 0.5) is 8.78 Å². The Morgan fingerprint density at radius 2 is 2.10 bits per heavy atom. The maximum Gasteiger partial charge on any atom is 0.314 e. The van der Waals surface area contributed by atoms with Crippen LogP contribution in [0.2, 0.25) is 0 Å². The molecule has 5 nitrogen and oxygen atoms in total. The number of likely N-dealkylation sites (tertiary alicyclic amines) is 1. The largest absolute Gasteiger partial charge is 0.466 e. The highest BCUT2D eigenvalue weighted by molar-refractivity contribution is 7.98. The van der Waals surface area contributed by atoms with Crippen molar-refractivity contribution in [1.82, 2.24) is 9.88 Å². The van der Waals surface area contributed by atoms with E-state index in [4.69, 9.17) is 4.74 Å². The highest BCUT2D eigenvalue weighted by Crippen LogP contribution is 2.37. The fourth-order valence-electron chi connectivity index (χ4n) is 3.89. The van der Waals surface area contributed by atoms with E-state index in [2.05, 4.69) is 4.98 Å². The molecule has 0 bridgehead atoms. The number of amides is 1. The van der Waals surface area contributed by atoms with E-state index in [9.17, 15) is 18.4 Å². The van der Waals surface area contributed by atoms with Crippen molar-refractivity contribution in [2.24, 2.45) is 5.41 Å². The van der Waals surface area contributed by atoms with E-state index >= 15 is 0 Å². The molecule has 160 valence electrons. The average molecular weight is 435 g/mol. The lowest BCUT2D eigenvalue weighted by molar-refractivity contribution is -0.158. The Morgan fingerprint density at radius 1 is 1.30 bits per heavy atom. The molecular weight excluding hydrogens is 410 g/mol. The third-order valence-corrected chi connectivity index (χ3v) is 6.02. The Bertz CT molecular complexity index is 940. The standard InChI is InChI=1S/C22H24F2N2O3S/c1-3-29-21(28)22(13-15-7-8-16(23)12-18(15)24)9-5-11-26(14-22)20(27)17-6-4-10-25-19(17)30-2/h4,6-8,10,12H,3,5,9,11,13-14H2,1-2H3/t22-/m1/s1. The SMILES string of the molecule is CCOC(=O)[C@@]1(Cc2ccc(F)cc2F)CCCN(C(=O)c2cccnc2SC)C1. The molecule has 1 saturated heterocycles. The van der Waals surface area contributed by atoms with Crippen LogP contribution < -0.4 is 0 Å². The first kappa shape index (κ1) is 22.2. The Morgan fingerprint density at radius 3 is 2.80 bits per heavy atom. The smallest absolute Gasteiger partial charge is 0.314 e. The Hall–Kier alpha value is -2.48. The monoisotopic (exact) mass is 434 g/mol. The molecule has 30 heavy (non-hydrogen) atoms. The van der Waals surface area contributed by atoms with E-state index in [1.807, 2.05) is 6.26 Å². The molecule has 0 saturated carbocycles. The molecular formula is C22H24F2N2O3S. The number of piperidine rings is 1. The summed E-state index contributed by atoms with van der Waals surface area (Å²) < 4.78 is 33.0. The maximum atomic E-state index is 14.4. The minimum absolute atomic E-state index is 0.0319. The van der Waals surface area contributed by atoms with Gasteiger partial charge in [0.05, 0.1) is 17.6 Å². The van der Waals surface area contributed by atoms with Gasteiger partial charge >= 0.3 is 5.97 Å². The number of hydrogen-bond donors (Lipinski definition) is 0. The number of aromatic nitrogens is 1. The van der Waals surface area contributed by atoms with E-state index in [0.717, 1.165) is 6.07 Å². The summed E-state index contributed by atoms with van der Waals surface area (Å²) >= 11 is 1.37. The number of benzene rings is 1. The summed E-state index contributed by atoms with van der Waals surface area (Å²) in [6, 6.07) is 6.73. The first-order chi connectivity index (χ1) is 14.4. The molecule has 3 rings (SSSR count). The van der Waals surface area contributed by atoms with Crippen LogP contribution in [0.3, 0.4) is 0 Å². The molecule has 2 aromatic rings. The summed E-state index contributed by atoms with van der Waals surface area (Å²) in [6.07, 6.45) is 4.52. The van der Waals surface area contributed by atoms with Gasteiger partial charge in [-0.1, -0.05) is 6.07 Å². The fraction of sp³-hybridized carbons (Fsp3) is 0.409. The van der Waals surface area contributed by atoms with E-state index in [1.165, 1.54) is 23.9 Å². The molecule has 1 atom stereocenters. The normalized spacial score (nSPS) is 18.9. The molecule has 0 spiro atoms. The predicted molar refractivity (Wildman–Crippen MR) is 110 cm³/mol. The van der Waals surface area contributed by atoms with E-state index in [1.54, 1.807) is 30.2 Å². The van der Waals surface area contributed by atoms with Crippen molar-refractivity contribution in [1.29, 1.82) is 0 Å². The summed E-state index contributed by atoms with van der Waals surface area (Å²) in [6.45, 7) is 2.47. The van der Waals surface area contributed by atoms with Crippen LogP contribution in [0.25, 0.3) is 0 Å². The van der Waals surface area contributed by atoms with Crippen LogP contribution in [0.15, 0.2) is 41.6 Å². The third-order valence-electron chi connectivity index (χ3n) is 5.31. The van der Waals surface area contributed by atoms with Gasteiger partial charge in [0.15, 0.2) is 0 Å². The molecule has 1 amide bonds. The van der Waals surface area contributed by atoms with Gasteiger partial charge in [-0.15, -0.1) is 11.8 Å². The van der Waals surface area contributed by atoms with Gasteiger partial charge in [-0.25, -0.2) is 13.8 Å². The Labute approximate surface area is 178 Å². The number of carbonyl (C=O) groups excluding carboxylic acids is 2. The number of carbonyl (C=O) groups is 2. The number of nitrogens with zero attached hydrogens (tertiary/aromatic N) is 2. The van der Waals surface area contributed by atoms with Crippen molar-refractivity contribution < 1.29 is 23.1 Å². The topological polar surface area (TPSA) is 59.5 Å². The molecule has 8 heteroatoms. The number of rotatable bonds is 6. The first-order valence-electron chi connectivity index (χ1n) is 9.79. The first-order valence-corrected chi connectivity index (χ1v) is 11.0. The van der Waals surface area contributed by atoms with Gasteiger partial charge in [0.2, 0.25) is 0 Å². The number of pyridine rings is 1. The van der Waals surface area contributed by atoms with Gasteiger partial charge in [0.25, 0.3) is 5.91 Å². The molecule has 0 aliphatic carbocycles. The summed E-state index contributed by atoms with van der Waals surface area (Å²) in [5.41, 5.74) is -0.396. The van der Waals surface area contributed by atoms with Crippen LogP contribution in [0, 0.1) is 17.0 Å². The molecule has 0 unspecified atom stereocenters. The number of esters is 1. The van der Waals surface area contributed by atoms with Crippen LogP contribution in [-0.4, -0.2) is 47.7 Å². The van der Waals surface area contributed by atoms with Crippen LogP contribution >= 0.6 is 11.8 Å². The molecule has 0 radical (unpaired) electrons. The lowest BCUT2D eigenvalue weighted by Gasteiger charge is -2.41. The predicted octanol–water partition coefficient (Wildman–Crippen LogP) is 4.11. The average Bonchev–Trinajstić information content (AvgIpc) is 2.75. The second-order valence-electron chi connectivity index (χ2n) is 7.30. The van der Waals surface area contributed by atoms with Gasteiger partial charge in [-0.05, 0) is 56.2 Å². The summed E-state index contributed by atoms with van der Waals surface area (Å²) in [4.78, 5) is 32.0. The second kappa shape index (κ2) is 9.55. The highest BCUT2D eigenvalue weighted by Gasteiger charge is 2.45. The fourth-order valence-corrected chi connectivity index (χ4v) is 4.43. The van der Waals surface area contributed by atoms with E-state index < -0.39 is 23.0 Å². The van der Waals surface area contributed by atoms with Crippen molar-refractivity contribution in [3.05, 3.63) is 59.3 Å². The minimum atomic E-state index is -1.09. The van der Waals surface area contributed by atoms with Crippen LogP contribution in [0.5, 0.6) is 0 Å². The van der Waals surface area contributed by atoms with Crippen LogP contribution in [-0.2, 0) is 16.0 Å². The van der Waals surface area contributed by atoms with E-state index in [0.29, 0.717) is 30.0 Å². The molecule has 1 aliphatic rings. The number of ether oxygens (including phenoxy) is 1. The Balaban J connectivity index is 1.93. The van der Waals surface area contributed by atoms with Crippen molar-refractivity contribution >= 4 is 23.6 Å². The summed E-state index contributed by atoms with van der Waals surface area (Å²) in [5.74, 6) is -2.08. The van der Waals surface area contributed by atoms with Crippen molar-refractivity contribution in [2.75, 3.05) is 26.0 Å². The highest BCUT2D eigenvalue weighted by atomic mass is 32.2. The third kappa shape index (κ3) is 4.64. The van der Waals surface area contributed by atoms with Crippen molar-refractivity contribution in [3.63, 3.8) is 0 Å². The number of hydrogen-bond acceptors (Lipinski definition) is 5. The zero-order valence-corrected chi connectivity index (χ0v) is 17.8. The van der Waals surface area contributed by atoms with Gasteiger partial charge in [-0.2, -0.15) is 0 Å². The van der Waals surface area contributed by atoms with Gasteiger partial charge < -0.3 is 9.64 Å². The molecule has 1 fully saturated rings. The lowest BCUT2D eigenvalue weighted by atomic mass is 9.74. The second-order valence-corrected chi connectivity index (χ2v) is 8.10. The molecule has 1 aromatic carbocycles. The van der Waals surface area contributed by atoms with Gasteiger partial charge in [0.1, 0.15) is 16.7 Å². The summed E-state index contributed by atoms with van der Waals surface area (Å²) in [5, 5.41) is 0.611. The zero-order chi connectivity index (χ0) is 21.7. The zero-order valence-electron chi connectivity index (χ0n) is 17.0. The molecule has 1 aromatic heterocycles. The molecule has 0 N–H and O–H groups in total. The maximum absolute atomic E-state index is 14.4. The van der Waals surface area contributed by atoms with Crippen molar-refractivity contribution in [3.8, 4) is 0 Å². The van der Waals surface area contributed by atoms with Gasteiger partial charge in [-0.3, -0.25) is 9.59 Å². The Kier molecular flexibility index (Phi) is 7.07. The van der Waals surface area contributed by atoms with E-state index in [-0.39, 0.29) is 31.0 Å². The molecule has 1 aliphatic heterocycles. The number of thioether (sulfide) groups is 1. The lowest BCUT2D eigenvalue weighted by Crippen LogP contribution is -2.51. The van der Waals surface area contributed by atoms with Gasteiger partial charge in [0, 0.05) is 25.4 Å². The summed E-state index contributed by atoms with van der Waals surface area (Å²) in [7, 11) is 0. The number of halogens is 2.